The van der Waals surface area contributed by atoms with Crippen molar-refractivity contribution in [3.63, 3.8) is 0 Å². The molecule has 6 aliphatic carbocycles. The molecule has 85 heavy (non-hydrogen) atoms. The average molecular weight is 1210 g/mol. The number of carbonyl (C=O) groups is 8. The van der Waals surface area contributed by atoms with Crippen molar-refractivity contribution in [3.8, 4) is 0 Å². The van der Waals surface area contributed by atoms with Gasteiger partial charge in [-0.2, -0.15) is 0 Å². The van der Waals surface area contributed by atoms with Crippen LogP contribution in [0.25, 0.3) is 0 Å². The summed E-state index contributed by atoms with van der Waals surface area (Å²) in [5.41, 5.74) is -0.856. The fraction of sp³-hybridized carbons (Fsp3) is 0.890. The van der Waals surface area contributed by atoms with Crippen molar-refractivity contribution in [2.45, 2.75) is 325 Å². The van der Waals surface area contributed by atoms with E-state index in [1.54, 1.807) is 0 Å². The first-order valence-electron chi connectivity index (χ1n) is 31.1. The second kappa shape index (κ2) is 40.2. The Kier molecular flexibility index (Phi) is 43.9. The molecule has 13 atom stereocenters. The number of fused-ring (bicyclic) bond motifs is 3. The third kappa shape index (κ3) is 22.5. The number of cyclic esters (lactones) is 1. The lowest BCUT2D eigenvalue weighted by Gasteiger charge is -2.35. The number of ketones is 4. The molecule has 0 spiro atoms. The first-order chi connectivity index (χ1) is 36.2. The van der Waals surface area contributed by atoms with Crippen LogP contribution in [0.4, 0.5) is 0 Å². The van der Waals surface area contributed by atoms with Crippen LogP contribution in [0, 0.1) is 92.7 Å². The molecule has 0 aromatic heterocycles. The molecule has 0 aromatic rings. The van der Waals surface area contributed by atoms with Gasteiger partial charge in [0.2, 0.25) is 0 Å². The minimum atomic E-state index is -0.303. The van der Waals surface area contributed by atoms with Gasteiger partial charge in [-0.05, 0) is 114 Å². The summed E-state index contributed by atoms with van der Waals surface area (Å²) < 4.78 is 21.2. The average Bonchev–Trinajstić information content (AvgIpc) is 4.29. The van der Waals surface area contributed by atoms with Gasteiger partial charge in [0.1, 0.15) is 41.4 Å². The van der Waals surface area contributed by atoms with Crippen LogP contribution in [0.3, 0.4) is 0 Å². The number of esters is 4. The maximum absolute atomic E-state index is 12.3. The minimum absolute atomic E-state index is 0. The van der Waals surface area contributed by atoms with E-state index in [-0.39, 0.29) is 153 Å². The lowest BCUT2D eigenvalue weighted by molar-refractivity contribution is -0.151. The van der Waals surface area contributed by atoms with E-state index >= 15 is 0 Å². The molecule has 0 aromatic carbocycles. The Morgan fingerprint density at radius 1 is 0.412 bits per heavy atom. The predicted octanol–water partition coefficient (Wildman–Crippen LogP) is 19.4. The molecule has 5 aliphatic heterocycles. The summed E-state index contributed by atoms with van der Waals surface area (Å²) in [7, 11) is 0. The second-order valence-corrected chi connectivity index (χ2v) is 26.1. The van der Waals surface area contributed by atoms with Crippen molar-refractivity contribution in [3.05, 3.63) is 0 Å². The molecule has 0 N–H and O–H groups in total. The van der Waals surface area contributed by atoms with E-state index in [9.17, 15) is 38.4 Å². The Bertz CT molecular complexity index is 1910. The highest BCUT2D eigenvalue weighted by Gasteiger charge is 2.63. The molecule has 0 amide bonds. The van der Waals surface area contributed by atoms with Gasteiger partial charge in [0, 0.05) is 71.0 Å². The van der Waals surface area contributed by atoms with Gasteiger partial charge >= 0.3 is 23.9 Å². The molecule has 8 bridgehead atoms. The summed E-state index contributed by atoms with van der Waals surface area (Å²) in [5, 5.41) is 0. The van der Waals surface area contributed by atoms with Crippen molar-refractivity contribution in [2.24, 2.45) is 92.7 Å². The molecule has 6 saturated carbocycles. The molecule has 11 rings (SSSR count). The summed E-state index contributed by atoms with van der Waals surface area (Å²) in [6.07, 6.45) is 16.9. The highest BCUT2D eigenvalue weighted by atomic mass is 16.6. The molecular weight excluding hydrogens is 1070 g/mol. The zero-order valence-corrected chi connectivity index (χ0v) is 52.0. The van der Waals surface area contributed by atoms with Gasteiger partial charge in [-0.1, -0.05) is 191 Å². The fourth-order valence-electron chi connectivity index (χ4n) is 13.5. The number of rotatable bonds is 15. The molecule has 12 heteroatoms. The predicted molar refractivity (Wildman–Crippen MR) is 357 cm³/mol. The fourth-order valence-corrected chi connectivity index (χ4v) is 13.5. The van der Waals surface area contributed by atoms with Crippen LogP contribution in [0.2, 0.25) is 0 Å². The van der Waals surface area contributed by atoms with E-state index in [4.69, 9.17) is 18.9 Å². The molecule has 5 saturated heterocycles. The van der Waals surface area contributed by atoms with E-state index in [0.29, 0.717) is 91.6 Å². The van der Waals surface area contributed by atoms with Gasteiger partial charge in [-0.15, -0.1) is 0 Å². The smallest absolute Gasteiger partial charge is 0.309 e. The van der Waals surface area contributed by atoms with Crippen molar-refractivity contribution < 1.29 is 57.3 Å². The van der Waals surface area contributed by atoms with Crippen molar-refractivity contribution in [1.82, 2.24) is 0 Å². The highest BCUT2D eigenvalue weighted by molar-refractivity contribution is 5.89. The second-order valence-electron chi connectivity index (χ2n) is 26.1. The third-order valence-electron chi connectivity index (χ3n) is 20.2. The molecule has 506 valence electrons. The van der Waals surface area contributed by atoms with Gasteiger partial charge in [-0.25, -0.2) is 0 Å². The largest absolute Gasteiger partial charge is 0.465 e. The number of ether oxygens (including phenoxy) is 4. The topological polar surface area (TPSA) is 173 Å². The number of Topliss-reactive ketones (excluding diaryl/α,β-unsaturated/α-hetero) is 4. The summed E-state index contributed by atoms with van der Waals surface area (Å²) in [4.78, 5) is 93.5. The van der Waals surface area contributed by atoms with Crippen LogP contribution < -0.4 is 0 Å². The van der Waals surface area contributed by atoms with E-state index in [0.717, 1.165) is 88.9 Å². The van der Waals surface area contributed by atoms with Crippen LogP contribution in [0.15, 0.2) is 0 Å². The quantitative estimate of drug-likeness (QED) is 0.112. The minimum Gasteiger partial charge on any atom is -0.465 e. The Hall–Kier alpha value is -3.44. The SMILES string of the molecule is C.C.C.C.C.C.C.C.CC.CC.CC.CCC(=O)C(C)(C)CC.CCC(C)(C)C(=O)CC1C2CC3C(=O)OC1C3C2.CCC(C)(C)C(=O)CC1C2CC3C(=O)OC1C3C2.CCC(C)(C)C(=O)CC1CCOC1=O.O=C1OC2CC3CC(C2)CC1C3. The van der Waals surface area contributed by atoms with Crippen LogP contribution >= 0.6 is 0 Å². The lowest BCUT2D eigenvalue weighted by Crippen LogP contribution is -2.33. The molecule has 12 nitrogen and oxygen atoms in total. The van der Waals surface area contributed by atoms with E-state index in [1.165, 1.54) is 6.42 Å². The summed E-state index contributed by atoms with van der Waals surface area (Å²) in [5.74, 6) is 5.65. The molecule has 13 unspecified atom stereocenters. The van der Waals surface area contributed by atoms with Gasteiger partial charge < -0.3 is 18.9 Å². The first-order valence-corrected chi connectivity index (χ1v) is 31.1. The zero-order valence-electron chi connectivity index (χ0n) is 52.0. The Morgan fingerprint density at radius 2 is 0.753 bits per heavy atom. The molecule has 11 aliphatic rings. The van der Waals surface area contributed by atoms with Crippen molar-refractivity contribution in [1.29, 1.82) is 0 Å². The van der Waals surface area contributed by atoms with Crippen LogP contribution in [0.5, 0.6) is 0 Å². The van der Waals surface area contributed by atoms with Gasteiger partial charge in [-0.3, -0.25) is 38.4 Å². The van der Waals surface area contributed by atoms with Crippen LogP contribution in [-0.2, 0) is 57.3 Å². The Morgan fingerprint density at radius 3 is 1.06 bits per heavy atom. The number of carbonyl (C=O) groups excluding carboxylic acids is 8. The standard InChI is InChI=1S/2C15H22O3.C11H18O3.C10H14O2.C8H16O.3C2H6.8CH4/c2*1-4-15(2,3)12(16)7-9-8-5-10-11(6-8)14(17)18-13(9)10;1-4-11(2,3)9(12)7-8-5-6-14-10(8)13;11-10-8-2-6-1-7(3-8)5-9(4-6)12-10;1-5-7(9)8(3,4)6-2;3*1-2;;;;;;;;/h2*8-11,13H,4-7H2,1-3H3;8H,4-7H2,1-3H3;6-9H,1-5H2;5-6H2,1-4H3;3*1-2H3;8*1H4. The number of hydrogen-bond acceptors (Lipinski definition) is 12. The summed E-state index contributed by atoms with van der Waals surface area (Å²) in [6, 6.07) is 0. The number of hydrogen-bond donors (Lipinski definition) is 0. The van der Waals surface area contributed by atoms with Gasteiger partial charge in [0.15, 0.2) is 0 Å². The monoisotopic (exact) mass is 1210 g/mol. The van der Waals surface area contributed by atoms with Crippen molar-refractivity contribution >= 4 is 47.0 Å². The third-order valence-corrected chi connectivity index (χ3v) is 20.2. The van der Waals surface area contributed by atoms with E-state index in [2.05, 4.69) is 13.8 Å². The molecular formula is C73H142O12. The van der Waals surface area contributed by atoms with Crippen molar-refractivity contribution in [2.75, 3.05) is 6.61 Å². The summed E-state index contributed by atoms with van der Waals surface area (Å²) in [6.45, 7) is 38.5. The Labute approximate surface area is 526 Å². The van der Waals surface area contributed by atoms with Crippen LogP contribution in [0.1, 0.15) is 307 Å². The Balaban J connectivity index is -0.000000223. The normalized spacial score (nSPS) is 29.7. The molecule has 0 radical (unpaired) electrons. The van der Waals surface area contributed by atoms with E-state index in [1.807, 2.05) is 118 Å². The molecule has 11 fully saturated rings. The summed E-state index contributed by atoms with van der Waals surface area (Å²) >= 11 is 0. The van der Waals surface area contributed by atoms with Gasteiger partial charge in [0.25, 0.3) is 0 Å². The maximum Gasteiger partial charge on any atom is 0.309 e. The van der Waals surface area contributed by atoms with Gasteiger partial charge in [0.05, 0.1) is 30.3 Å². The lowest BCUT2D eigenvalue weighted by atomic mass is 9.68. The first kappa shape index (κ1) is 92.7. The highest BCUT2D eigenvalue weighted by Crippen LogP contribution is 2.60. The maximum atomic E-state index is 12.3. The van der Waals surface area contributed by atoms with Crippen LogP contribution in [-0.4, -0.2) is 71.9 Å². The zero-order chi connectivity index (χ0) is 58.5. The molecule has 5 heterocycles. The van der Waals surface area contributed by atoms with E-state index < -0.39 is 0 Å².